The highest BCUT2D eigenvalue weighted by Crippen LogP contribution is 2.21. The van der Waals surface area contributed by atoms with Gasteiger partial charge in [-0.05, 0) is 25.0 Å². The van der Waals surface area contributed by atoms with Gasteiger partial charge in [-0.3, -0.25) is 4.57 Å². The molecule has 31 heavy (non-hydrogen) atoms. The predicted octanol–water partition coefficient (Wildman–Crippen LogP) is 2.47. The second kappa shape index (κ2) is 9.75. The first-order chi connectivity index (χ1) is 15.2. The number of hydrogen-bond acceptors (Lipinski definition) is 6. The van der Waals surface area contributed by atoms with Crippen molar-refractivity contribution in [3.63, 3.8) is 0 Å². The number of urea groups is 1. The summed E-state index contributed by atoms with van der Waals surface area (Å²) in [5, 5.41) is 5.77. The number of rotatable bonds is 8. The number of benzene rings is 1. The molecule has 0 spiro atoms. The van der Waals surface area contributed by atoms with Gasteiger partial charge < -0.3 is 20.1 Å². The topological polar surface area (TPSA) is 103 Å². The Bertz CT molecular complexity index is 1040. The molecular formula is C22H24N6O3. The van der Waals surface area contributed by atoms with Gasteiger partial charge in [-0.1, -0.05) is 30.3 Å². The van der Waals surface area contributed by atoms with E-state index in [4.69, 9.17) is 9.47 Å². The minimum absolute atomic E-state index is 0.0233. The molecule has 9 heteroatoms. The average molecular weight is 420 g/mol. The molecular weight excluding hydrogens is 396 g/mol. The molecule has 4 rings (SSSR count). The molecule has 0 saturated carbocycles. The monoisotopic (exact) mass is 420 g/mol. The van der Waals surface area contributed by atoms with Crippen LogP contribution in [0.2, 0.25) is 0 Å². The summed E-state index contributed by atoms with van der Waals surface area (Å²) >= 11 is 0. The molecule has 0 fully saturated rings. The fourth-order valence-electron chi connectivity index (χ4n) is 3.29. The molecule has 1 aliphatic heterocycles. The molecule has 0 bridgehead atoms. The Balaban J connectivity index is 1.33. The van der Waals surface area contributed by atoms with Gasteiger partial charge >= 0.3 is 6.03 Å². The summed E-state index contributed by atoms with van der Waals surface area (Å²) in [6.45, 7) is 2.79. The molecule has 0 aliphatic carbocycles. The van der Waals surface area contributed by atoms with E-state index in [2.05, 4.69) is 37.7 Å². The van der Waals surface area contributed by atoms with Crippen molar-refractivity contribution < 1.29 is 14.3 Å². The van der Waals surface area contributed by atoms with Crippen molar-refractivity contribution >= 4 is 6.03 Å². The Morgan fingerprint density at radius 1 is 1.23 bits per heavy atom. The van der Waals surface area contributed by atoms with E-state index < -0.39 is 0 Å². The number of amides is 2. The normalized spacial score (nSPS) is 13.6. The largest absolute Gasteiger partial charge is 0.462 e. The zero-order chi connectivity index (χ0) is 21.5. The predicted molar refractivity (Wildman–Crippen MR) is 113 cm³/mol. The smallest absolute Gasteiger partial charge is 0.315 e. The molecule has 1 aromatic carbocycles. The van der Waals surface area contributed by atoms with Crippen LogP contribution in [0.5, 0.6) is 0 Å². The Kier molecular flexibility index (Phi) is 6.41. The molecule has 2 N–H and O–H groups in total. The highest BCUT2D eigenvalue weighted by atomic mass is 16.7. The molecule has 1 unspecified atom stereocenters. The van der Waals surface area contributed by atoms with Crippen molar-refractivity contribution in [2.45, 2.75) is 19.9 Å². The average Bonchev–Trinajstić information content (AvgIpc) is 3.50. The van der Waals surface area contributed by atoms with E-state index in [1.54, 1.807) is 29.6 Å². The minimum atomic E-state index is -0.280. The lowest BCUT2D eigenvalue weighted by Crippen LogP contribution is -2.39. The summed E-state index contributed by atoms with van der Waals surface area (Å²) in [6, 6.07) is 11.6. The van der Waals surface area contributed by atoms with Crippen molar-refractivity contribution in [3.05, 3.63) is 84.1 Å². The van der Waals surface area contributed by atoms with E-state index >= 15 is 0 Å². The van der Waals surface area contributed by atoms with Gasteiger partial charge in [0.1, 0.15) is 18.3 Å². The van der Waals surface area contributed by atoms with Crippen LogP contribution in [-0.2, 0) is 22.4 Å². The molecule has 3 aromatic rings. The van der Waals surface area contributed by atoms with Gasteiger partial charge in [0.2, 0.25) is 12.7 Å². The van der Waals surface area contributed by atoms with Crippen LogP contribution in [0, 0.1) is 12.8 Å². The van der Waals surface area contributed by atoms with Gasteiger partial charge in [-0.25, -0.2) is 19.7 Å². The molecule has 0 saturated heterocycles. The van der Waals surface area contributed by atoms with Crippen LogP contribution in [0.3, 0.4) is 0 Å². The zero-order valence-electron chi connectivity index (χ0n) is 17.2. The Morgan fingerprint density at radius 3 is 2.84 bits per heavy atom. The first kappa shape index (κ1) is 20.4. The summed E-state index contributed by atoms with van der Waals surface area (Å²) < 4.78 is 12.5. The van der Waals surface area contributed by atoms with E-state index in [0.717, 1.165) is 23.4 Å². The molecule has 3 heterocycles. The van der Waals surface area contributed by atoms with Crippen LogP contribution >= 0.6 is 0 Å². The van der Waals surface area contributed by atoms with Gasteiger partial charge in [-0.15, -0.1) is 0 Å². The summed E-state index contributed by atoms with van der Waals surface area (Å²) in [5.74, 6) is 1.23. The van der Waals surface area contributed by atoms with Crippen molar-refractivity contribution in [1.29, 1.82) is 0 Å². The molecule has 160 valence electrons. The molecule has 9 nitrogen and oxygen atoms in total. The number of carbonyl (C=O) groups is 1. The number of carbonyl (C=O) groups excluding carboxylic acids is 1. The number of nitrogens with zero attached hydrogens (tertiary/aromatic N) is 4. The third-order valence-electron chi connectivity index (χ3n) is 4.79. The maximum absolute atomic E-state index is 12.4. The number of ether oxygens (including phenoxy) is 2. The second-order valence-electron chi connectivity index (χ2n) is 7.17. The number of imidazole rings is 1. The summed E-state index contributed by atoms with van der Waals surface area (Å²) in [4.78, 5) is 25.3. The van der Waals surface area contributed by atoms with Gasteiger partial charge in [-0.2, -0.15) is 0 Å². The number of aromatic nitrogens is 4. The maximum atomic E-state index is 12.4. The van der Waals surface area contributed by atoms with Crippen molar-refractivity contribution in [2.75, 3.05) is 13.3 Å². The standard InChI is InChI=1S/C22H24N6O3/c1-16-9-19(27-21(26-16)28-8-7-23-14-28)12-25-22(29)24-11-18(20-13-30-15-31-20)10-17-5-3-2-4-6-17/h2-9,13-14,18H,10-12,15H2,1H3,(H2,24,25,29). The maximum Gasteiger partial charge on any atom is 0.315 e. The van der Waals surface area contributed by atoms with Crippen LogP contribution in [0.15, 0.2) is 67.1 Å². The van der Waals surface area contributed by atoms with Crippen molar-refractivity contribution in [1.82, 2.24) is 30.2 Å². The molecule has 2 amide bonds. The van der Waals surface area contributed by atoms with Crippen LogP contribution in [0.25, 0.3) is 5.95 Å². The lowest BCUT2D eigenvalue weighted by Gasteiger charge is -2.18. The second-order valence-corrected chi connectivity index (χ2v) is 7.17. The number of aryl methyl sites for hydroxylation is 1. The van der Waals surface area contributed by atoms with Gasteiger partial charge in [0, 0.05) is 30.6 Å². The SMILES string of the molecule is Cc1cc(CNC(=O)NCC(Cc2ccccc2)C2=COCO2)nc(-n2ccnc2)n1. The van der Waals surface area contributed by atoms with E-state index in [-0.39, 0.29) is 25.3 Å². The van der Waals surface area contributed by atoms with Crippen LogP contribution < -0.4 is 10.6 Å². The highest BCUT2D eigenvalue weighted by molar-refractivity contribution is 5.73. The van der Waals surface area contributed by atoms with Gasteiger partial charge in [0.05, 0.1) is 12.2 Å². The summed E-state index contributed by atoms with van der Waals surface area (Å²) in [5.41, 5.74) is 2.68. The number of hydrogen-bond donors (Lipinski definition) is 2. The number of nitrogens with one attached hydrogen (secondary N) is 2. The molecule has 0 radical (unpaired) electrons. The lowest BCUT2D eigenvalue weighted by molar-refractivity contribution is 0.0705. The fourth-order valence-corrected chi connectivity index (χ4v) is 3.29. The van der Waals surface area contributed by atoms with E-state index in [0.29, 0.717) is 18.2 Å². The van der Waals surface area contributed by atoms with Crippen LogP contribution in [-0.4, -0.2) is 38.9 Å². The molecule has 1 atom stereocenters. The van der Waals surface area contributed by atoms with Crippen LogP contribution in [0.1, 0.15) is 17.0 Å². The fraction of sp³-hybridized carbons (Fsp3) is 0.273. The third kappa shape index (κ3) is 5.59. The summed E-state index contributed by atoms with van der Waals surface area (Å²) in [7, 11) is 0. The van der Waals surface area contributed by atoms with E-state index in [9.17, 15) is 4.79 Å². The van der Waals surface area contributed by atoms with E-state index in [1.807, 2.05) is 31.2 Å². The van der Waals surface area contributed by atoms with Gasteiger partial charge in [0.25, 0.3) is 0 Å². The van der Waals surface area contributed by atoms with E-state index in [1.165, 1.54) is 0 Å². The molecule has 2 aromatic heterocycles. The summed E-state index contributed by atoms with van der Waals surface area (Å²) in [6.07, 6.45) is 7.42. The van der Waals surface area contributed by atoms with Crippen molar-refractivity contribution in [2.24, 2.45) is 5.92 Å². The minimum Gasteiger partial charge on any atom is -0.462 e. The van der Waals surface area contributed by atoms with Gasteiger partial charge in [0.15, 0.2) is 0 Å². The van der Waals surface area contributed by atoms with Crippen LogP contribution in [0.4, 0.5) is 4.79 Å². The first-order valence-electron chi connectivity index (χ1n) is 10.0. The zero-order valence-corrected chi connectivity index (χ0v) is 17.2. The van der Waals surface area contributed by atoms with Crippen molar-refractivity contribution in [3.8, 4) is 5.95 Å². The lowest BCUT2D eigenvalue weighted by atomic mass is 9.97. The highest BCUT2D eigenvalue weighted by Gasteiger charge is 2.21. The Labute approximate surface area is 180 Å². The first-order valence-corrected chi connectivity index (χ1v) is 10.0. The quantitative estimate of drug-likeness (QED) is 0.580. The third-order valence-corrected chi connectivity index (χ3v) is 4.79. The Hall–Kier alpha value is -3.88. The molecule has 1 aliphatic rings. The Morgan fingerprint density at radius 2 is 2.10 bits per heavy atom.